The highest BCUT2D eigenvalue weighted by Crippen LogP contribution is 2.43. The van der Waals surface area contributed by atoms with Crippen LogP contribution in [-0.2, 0) is 24.0 Å². The molecule has 1 saturated heterocycles. The van der Waals surface area contributed by atoms with E-state index in [9.17, 15) is 39.6 Å². The van der Waals surface area contributed by atoms with E-state index in [1.54, 1.807) is 11.4 Å². The molecule has 3 aromatic rings. The van der Waals surface area contributed by atoms with Crippen LogP contribution in [0.4, 0.5) is 9.93 Å². The average Bonchev–Trinajstić information content (AvgIpc) is 3.45. The molecule has 0 spiro atoms. The molecule has 240 valence electrons. The van der Waals surface area contributed by atoms with Crippen molar-refractivity contribution in [3.63, 3.8) is 0 Å². The number of amides is 2. The molecule has 3 aliphatic rings. The van der Waals surface area contributed by atoms with E-state index in [4.69, 9.17) is 15.3 Å². The molecule has 2 aliphatic heterocycles. The molecule has 20 heteroatoms. The number of phenolic OH excluding ortho intramolecular Hbond substituents is 2. The number of carboxylic acid groups (broad SMARTS) is 2. The maximum atomic E-state index is 13.3. The fourth-order valence-electron chi connectivity index (χ4n) is 4.40. The molecule has 7 N–H and O–H groups in total. The Labute approximate surface area is 274 Å². The number of nitrogens with one attached hydrogen (secondary N) is 1. The molecule has 0 bridgehead atoms. The van der Waals surface area contributed by atoms with Gasteiger partial charge in [0.25, 0.3) is 11.8 Å². The van der Waals surface area contributed by atoms with Gasteiger partial charge in [-0.2, -0.15) is 0 Å². The third-order valence-electron chi connectivity index (χ3n) is 6.97. The molecule has 2 amide bonds. The highest BCUT2D eigenvalue weighted by molar-refractivity contribution is 8.01. The van der Waals surface area contributed by atoms with Crippen molar-refractivity contribution in [1.29, 1.82) is 0 Å². The van der Waals surface area contributed by atoms with Crippen molar-refractivity contribution in [3.05, 3.63) is 46.1 Å². The second kappa shape index (κ2) is 12.3. The van der Waals surface area contributed by atoms with Crippen molar-refractivity contribution >= 4 is 81.0 Å². The number of aromatic nitrogens is 2. The van der Waals surface area contributed by atoms with Crippen molar-refractivity contribution in [2.75, 3.05) is 17.2 Å². The molecule has 1 aliphatic carbocycles. The third kappa shape index (κ3) is 6.15. The Morgan fingerprint density at radius 2 is 1.93 bits per heavy atom. The van der Waals surface area contributed by atoms with E-state index < -0.39 is 41.0 Å². The van der Waals surface area contributed by atoms with Crippen molar-refractivity contribution in [3.8, 4) is 22.8 Å². The minimum Gasteiger partial charge on any atom is -0.504 e. The van der Waals surface area contributed by atoms with Gasteiger partial charge in [-0.3, -0.25) is 14.5 Å². The van der Waals surface area contributed by atoms with Crippen LogP contribution in [0.2, 0.25) is 0 Å². The Morgan fingerprint density at radius 3 is 2.59 bits per heavy atom. The average molecular weight is 707 g/mol. The number of carbonyl (C=O) groups excluding carboxylic acids is 2. The number of oxime groups is 1. The zero-order valence-electron chi connectivity index (χ0n) is 23.1. The fraction of sp³-hybridized carbons (Fsp3) is 0.269. The number of β-lactam (4-membered cyclic amide) rings is 1. The number of fused-ring (bicyclic) bond motifs is 1. The number of nitrogens with two attached hydrogens (primary N) is 1. The van der Waals surface area contributed by atoms with Crippen LogP contribution in [0.3, 0.4) is 0 Å². The summed E-state index contributed by atoms with van der Waals surface area (Å²) in [6.07, 6.45) is -1.20. The van der Waals surface area contributed by atoms with Gasteiger partial charge in [0.2, 0.25) is 11.5 Å². The number of thioether (sulfide) groups is 2. The van der Waals surface area contributed by atoms with E-state index in [0.717, 1.165) is 16.2 Å². The number of carboxylic acids is 1. The molecule has 2 fully saturated rings. The van der Waals surface area contributed by atoms with Gasteiger partial charge in [-0.05, 0) is 18.2 Å². The van der Waals surface area contributed by atoms with E-state index in [0.29, 0.717) is 21.2 Å². The van der Waals surface area contributed by atoms with Gasteiger partial charge >= 0.3 is 12.1 Å². The zero-order chi connectivity index (χ0) is 32.7. The molecule has 46 heavy (non-hydrogen) atoms. The molecule has 1 saturated carbocycles. The standard InChI is InChI=1S/C26H22N6O10S4/c27-23-28-13(9-44-23)16(31-42-26(3-4-26)22(37)38)18(35)30-17-19(36)32-20(41-25(39)40)11(6-43-21(17)32)7-45-24-29-12(8-46-24)10-1-2-14(33)15(34)5-10/h1-2,5,8-9,17,21,33-34H,3-4,6-7H2,(H2,27,28)(H,30,35)(H,37,38)(H,39,40)/t17-,21+/m1/s1. The van der Waals surface area contributed by atoms with Crippen LogP contribution in [0, 0.1) is 0 Å². The molecule has 2 aromatic heterocycles. The van der Waals surface area contributed by atoms with E-state index in [2.05, 4.69) is 20.4 Å². The number of aromatic hydroxyl groups is 2. The number of hydrogen-bond donors (Lipinski definition) is 6. The predicted molar refractivity (Wildman–Crippen MR) is 167 cm³/mol. The largest absolute Gasteiger partial charge is 0.512 e. The van der Waals surface area contributed by atoms with Crippen molar-refractivity contribution in [2.24, 2.45) is 5.16 Å². The molecular weight excluding hydrogens is 685 g/mol. The zero-order valence-corrected chi connectivity index (χ0v) is 26.4. The predicted octanol–water partition coefficient (Wildman–Crippen LogP) is 2.70. The normalized spacial score (nSPS) is 20.0. The van der Waals surface area contributed by atoms with Crippen molar-refractivity contribution in [2.45, 2.75) is 34.2 Å². The minimum absolute atomic E-state index is 0.0303. The number of benzene rings is 1. The van der Waals surface area contributed by atoms with Crippen LogP contribution < -0.4 is 11.1 Å². The number of rotatable bonds is 11. The van der Waals surface area contributed by atoms with Gasteiger partial charge in [0.05, 0.1) is 5.69 Å². The Hall–Kier alpha value is -4.53. The lowest BCUT2D eigenvalue weighted by molar-refractivity contribution is -0.153. The van der Waals surface area contributed by atoms with Gasteiger partial charge < -0.3 is 41.1 Å². The van der Waals surface area contributed by atoms with Crippen molar-refractivity contribution in [1.82, 2.24) is 20.2 Å². The molecule has 6 rings (SSSR count). The molecular formula is C26H22N6O10S4. The Kier molecular flexibility index (Phi) is 8.44. The molecule has 0 radical (unpaired) electrons. The first-order valence-corrected chi connectivity index (χ1v) is 16.9. The number of phenols is 2. The quantitative estimate of drug-likeness (QED) is 0.0419. The number of ether oxygens (including phenoxy) is 1. The summed E-state index contributed by atoms with van der Waals surface area (Å²) in [5.74, 6) is -2.89. The number of carbonyl (C=O) groups is 4. The van der Waals surface area contributed by atoms with Gasteiger partial charge in [0.15, 0.2) is 26.7 Å². The Bertz CT molecular complexity index is 1820. The van der Waals surface area contributed by atoms with Crippen LogP contribution in [0.1, 0.15) is 18.5 Å². The smallest absolute Gasteiger partial charge is 0.504 e. The summed E-state index contributed by atoms with van der Waals surface area (Å²) >= 11 is 4.93. The van der Waals surface area contributed by atoms with Gasteiger partial charge in [-0.1, -0.05) is 16.9 Å². The summed E-state index contributed by atoms with van der Waals surface area (Å²) < 4.78 is 5.67. The third-order valence-corrected chi connectivity index (χ3v) is 11.1. The lowest BCUT2D eigenvalue weighted by Gasteiger charge is -2.49. The lowest BCUT2D eigenvalue weighted by atomic mass is 10.1. The SMILES string of the molecule is Nc1nc(C(=NOC2(C(=O)O)CC2)C(=O)N[C@@H]2C(=O)N3C(OC(=O)O)=C(CSc4nc(-c5ccc(O)c(O)c5)cs4)CS[C@@H]23)cs1. The van der Waals surface area contributed by atoms with Crippen LogP contribution in [0.25, 0.3) is 11.3 Å². The number of thiazole rings is 2. The van der Waals surface area contributed by atoms with Gasteiger partial charge in [0.1, 0.15) is 17.1 Å². The van der Waals surface area contributed by atoms with E-state index in [-0.39, 0.29) is 58.3 Å². The number of nitrogens with zero attached hydrogens (tertiary/aromatic N) is 4. The summed E-state index contributed by atoms with van der Waals surface area (Å²) in [6, 6.07) is 3.26. The Balaban J connectivity index is 1.16. The van der Waals surface area contributed by atoms with Crippen LogP contribution in [0.5, 0.6) is 11.5 Å². The summed E-state index contributed by atoms with van der Waals surface area (Å²) in [5, 5.41) is 47.2. The highest BCUT2D eigenvalue weighted by Gasteiger charge is 2.56. The summed E-state index contributed by atoms with van der Waals surface area (Å²) in [7, 11) is 0. The fourth-order valence-corrected chi connectivity index (χ4v) is 8.23. The number of aliphatic carboxylic acids is 1. The van der Waals surface area contributed by atoms with Gasteiger partial charge in [-0.15, -0.1) is 34.4 Å². The summed E-state index contributed by atoms with van der Waals surface area (Å²) in [6.45, 7) is 0. The first-order valence-electron chi connectivity index (χ1n) is 13.2. The van der Waals surface area contributed by atoms with E-state index in [1.165, 1.54) is 52.4 Å². The number of nitrogen functional groups attached to an aromatic ring is 1. The number of hydrogen-bond acceptors (Lipinski definition) is 16. The number of anilines is 1. The maximum Gasteiger partial charge on any atom is 0.512 e. The topological polar surface area (TPSA) is 247 Å². The monoisotopic (exact) mass is 706 g/mol. The second-order valence-corrected chi connectivity index (χ2v) is 14.1. The van der Waals surface area contributed by atoms with Gasteiger partial charge in [-0.25, -0.2) is 19.6 Å². The van der Waals surface area contributed by atoms with E-state index in [1.807, 2.05) is 0 Å². The lowest BCUT2D eigenvalue weighted by Crippen LogP contribution is -2.70. The molecule has 1 aromatic carbocycles. The summed E-state index contributed by atoms with van der Waals surface area (Å²) in [4.78, 5) is 64.6. The van der Waals surface area contributed by atoms with Gasteiger partial charge in [0, 0.05) is 46.2 Å². The summed E-state index contributed by atoms with van der Waals surface area (Å²) in [5.41, 5.74) is 5.51. The minimum atomic E-state index is -1.62. The molecule has 4 heterocycles. The van der Waals surface area contributed by atoms with Crippen molar-refractivity contribution < 1.29 is 49.2 Å². The van der Waals surface area contributed by atoms with Crippen LogP contribution >= 0.6 is 46.2 Å². The molecule has 0 unspecified atom stereocenters. The maximum absolute atomic E-state index is 13.3. The second-order valence-electron chi connectivity index (χ2n) is 10.0. The molecule has 16 nitrogen and oxygen atoms in total. The molecule has 2 atom stereocenters. The first-order chi connectivity index (χ1) is 22.0. The van der Waals surface area contributed by atoms with Crippen LogP contribution in [-0.4, -0.2) is 93.5 Å². The first kappa shape index (κ1) is 31.5. The van der Waals surface area contributed by atoms with E-state index >= 15 is 0 Å². The van der Waals surface area contributed by atoms with Crippen LogP contribution in [0.15, 0.2) is 49.9 Å². The highest BCUT2D eigenvalue weighted by atomic mass is 32.2. The Morgan fingerprint density at radius 1 is 1.15 bits per heavy atom.